The summed E-state index contributed by atoms with van der Waals surface area (Å²) < 4.78 is 0. The third-order valence-corrected chi connectivity index (χ3v) is 2.63. The van der Waals surface area contributed by atoms with Crippen molar-refractivity contribution in [3.05, 3.63) is 52.8 Å². The third kappa shape index (κ3) is 2.22. The van der Waals surface area contributed by atoms with Crippen LogP contribution in [0.25, 0.3) is 0 Å². The van der Waals surface area contributed by atoms with Crippen LogP contribution in [0.2, 0.25) is 0 Å². The van der Waals surface area contributed by atoms with Crippen LogP contribution >= 0.6 is 0 Å². The van der Waals surface area contributed by atoms with E-state index in [1.807, 2.05) is 24.1 Å². The topological polar surface area (TPSA) is 85.3 Å². The van der Waals surface area contributed by atoms with Gasteiger partial charge in [-0.05, 0) is 24.3 Å². The van der Waals surface area contributed by atoms with Crippen LogP contribution in [-0.2, 0) is 0 Å². The molecule has 92 valence electrons. The van der Waals surface area contributed by atoms with Crippen molar-refractivity contribution in [2.45, 2.75) is 0 Å². The number of anilines is 3. The number of nitrogen functional groups attached to an aromatic ring is 1. The fourth-order valence-electron chi connectivity index (χ4n) is 1.62. The highest BCUT2D eigenvalue weighted by molar-refractivity contribution is 5.70. The summed E-state index contributed by atoms with van der Waals surface area (Å²) in [5.41, 5.74) is 7.37. The number of nitrogens with zero attached hydrogens (tertiary/aromatic N) is 3. The predicted octanol–water partition coefficient (Wildman–Crippen LogP) is 2.34. The maximum atomic E-state index is 10.7. The molecule has 0 radical (unpaired) electrons. The molecule has 0 atom stereocenters. The minimum atomic E-state index is -0.497. The van der Waals surface area contributed by atoms with Gasteiger partial charge in [-0.2, -0.15) is 0 Å². The Bertz CT molecular complexity index is 572. The van der Waals surface area contributed by atoms with Crippen LogP contribution in [0.5, 0.6) is 0 Å². The van der Waals surface area contributed by atoms with Crippen LogP contribution in [0.1, 0.15) is 0 Å². The Balaban J connectivity index is 2.35. The van der Waals surface area contributed by atoms with Crippen molar-refractivity contribution in [3.63, 3.8) is 0 Å². The molecule has 0 amide bonds. The second-order valence-electron chi connectivity index (χ2n) is 3.77. The van der Waals surface area contributed by atoms with Crippen molar-refractivity contribution in [2.24, 2.45) is 0 Å². The van der Waals surface area contributed by atoms with Gasteiger partial charge in [0.15, 0.2) is 0 Å². The van der Waals surface area contributed by atoms with Gasteiger partial charge in [0.05, 0.1) is 16.8 Å². The summed E-state index contributed by atoms with van der Waals surface area (Å²) in [6.07, 6.45) is 3.39. The molecule has 1 heterocycles. The molecular weight excluding hydrogens is 232 g/mol. The molecule has 0 aliphatic rings. The Kier molecular flexibility index (Phi) is 3.09. The largest absolute Gasteiger partial charge is 0.393 e. The Hall–Kier alpha value is -2.63. The molecule has 6 heteroatoms. The molecule has 6 nitrogen and oxygen atoms in total. The Labute approximate surface area is 104 Å². The fourth-order valence-corrected chi connectivity index (χ4v) is 1.62. The summed E-state index contributed by atoms with van der Waals surface area (Å²) in [4.78, 5) is 16.1. The van der Waals surface area contributed by atoms with Crippen molar-refractivity contribution >= 4 is 22.7 Å². The molecule has 2 aromatic rings. The summed E-state index contributed by atoms with van der Waals surface area (Å²) in [7, 11) is 1.84. The zero-order valence-corrected chi connectivity index (χ0v) is 9.78. The standard InChI is InChI=1S/C12H12N4O2/c1-15(10-3-2-6-14-8-10)9-4-5-12(16(17)18)11(13)7-9/h2-8H,13H2,1H3. The van der Waals surface area contributed by atoms with E-state index in [1.54, 1.807) is 24.5 Å². The first-order valence-corrected chi connectivity index (χ1v) is 5.27. The third-order valence-electron chi connectivity index (χ3n) is 2.63. The summed E-state index contributed by atoms with van der Waals surface area (Å²) in [5, 5.41) is 10.7. The van der Waals surface area contributed by atoms with E-state index in [-0.39, 0.29) is 11.4 Å². The van der Waals surface area contributed by atoms with E-state index in [4.69, 9.17) is 5.73 Å². The minimum absolute atomic E-state index is 0.0849. The first-order chi connectivity index (χ1) is 8.59. The highest BCUT2D eigenvalue weighted by Gasteiger charge is 2.13. The molecule has 2 rings (SSSR count). The molecular formula is C12H12N4O2. The van der Waals surface area contributed by atoms with Crippen molar-refractivity contribution in [2.75, 3.05) is 17.7 Å². The monoisotopic (exact) mass is 244 g/mol. The number of nitro groups is 1. The van der Waals surface area contributed by atoms with Gasteiger partial charge in [-0.1, -0.05) is 0 Å². The number of benzene rings is 1. The highest BCUT2D eigenvalue weighted by atomic mass is 16.6. The zero-order chi connectivity index (χ0) is 13.1. The molecule has 0 aliphatic heterocycles. The molecule has 0 spiro atoms. The second-order valence-corrected chi connectivity index (χ2v) is 3.77. The number of hydrogen-bond donors (Lipinski definition) is 1. The highest BCUT2D eigenvalue weighted by Crippen LogP contribution is 2.29. The van der Waals surface area contributed by atoms with Crippen molar-refractivity contribution in [1.82, 2.24) is 4.98 Å². The van der Waals surface area contributed by atoms with Crippen LogP contribution in [0.3, 0.4) is 0 Å². The van der Waals surface area contributed by atoms with E-state index in [2.05, 4.69) is 4.98 Å². The lowest BCUT2D eigenvalue weighted by atomic mass is 10.2. The fraction of sp³-hybridized carbons (Fsp3) is 0.0833. The molecule has 0 saturated heterocycles. The van der Waals surface area contributed by atoms with E-state index in [0.717, 1.165) is 11.4 Å². The molecule has 0 fully saturated rings. The predicted molar refractivity (Wildman–Crippen MR) is 69.8 cm³/mol. The number of rotatable bonds is 3. The molecule has 18 heavy (non-hydrogen) atoms. The van der Waals surface area contributed by atoms with Gasteiger partial charge in [-0.3, -0.25) is 15.1 Å². The number of nitrogens with two attached hydrogens (primary N) is 1. The summed E-state index contributed by atoms with van der Waals surface area (Å²) >= 11 is 0. The van der Waals surface area contributed by atoms with Gasteiger partial charge in [-0.25, -0.2) is 0 Å². The van der Waals surface area contributed by atoms with E-state index in [1.165, 1.54) is 6.07 Å². The Morgan fingerprint density at radius 2 is 2.11 bits per heavy atom. The number of hydrogen-bond acceptors (Lipinski definition) is 5. The Morgan fingerprint density at radius 1 is 1.33 bits per heavy atom. The lowest BCUT2D eigenvalue weighted by Crippen LogP contribution is -2.10. The zero-order valence-electron chi connectivity index (χ0n) is 9.78. The molecule has 2 N–H and O–H groups in total. The van der Waals surface area contributed by atoms with E-state index in [9.17, 15) is 10.1 Å². The van der Waals surface area contributed by atoms with E-state index < -0.39 is 4.92 Å². The minimum Gasteiger partial charge on any atom is -0.393 e. The number of nitro benzene ring substituents is 1. The lowest BCUT2D eigenvalue weighted by Gasteiger charge is -2.19. The van der Waals surface area contributed by atoms with Crippen molar-refractivity contribution < 1.29 is 4.92 Å². The normalized spacial score (nSPS) is 10.1. The molecule has 1 aromatic carbocycles. The van der Waals surface area contributed by atoms with Crippen LogP contribution in [0.4, 0.5) is 22.7 Å². The lowest BCUT2D eigenvalue weighted by molar-refractivity contribution is -0.383. The van der Waals surface area contributed by atoms with Crippen LogP contribution in [0, 0.1) is 10.1 Å². The molecule has 0 aliphatic carbocycles. The maximum Gasteiger partial charge on any atom is 0.292 e. The average molecular weight is 244 g/mol. The molecule has 0 bridgehead atoms. The van der Waals surface area contributed by atoms with Gasteiger partial charge in [-0.15, -0.1) is 0 Å². The van der Waals surface area contributed by atoms with Gasteiger partial charge in [0.25, 0.3) is 5.69 Å². The maximum absolute atomic E-state index is 10.7. The SMILES string of the molecule is CN(c1cccnc1)c1ccc([N+](=O)[O-])c(N)c1. The molecule has 0 saturated carbocycles. The average Bonchev–Trinajstić information content (AvgIpc) is 2.38. The van der Waals surface area contributed by atoms with Gasteiger partial charge >= 0.3 is 0 Å². The van der Waals surface area contributed by atoms with Crippen molar-refractivity contribution in [3.8, 4) is 0 Å². The van der Waals surface area contributed by atoms with Gasteiger partial charge in [0, 0.05) is 25.0 Å². The smallest absolute Gasteiger partial charge is 0.292 e. The second kappa shape index (κ2) is 4.70. The van der Waals surface area contributed by atoms with Crippen LogP contribution in [0.15, 0.2) is 42.7 Å². The van der Waals surface area contributed by atoms with Crippen LogP contribution in [-0.4, -0.2) is 17.0 Å². The molecule has 0 unspecified atom stereocenters. The Morgan fingerprint density at radius 3 is 2.67 bits per heavy atom. The van der Waals surface area contributed by atoms with Crippen LogP contribution < -0.4 is 10.6 Å². The summed E-state index contributed by atoms with van der Waals surface area (Å²) in [6, 6.07) is 8.34. The summed E-state index contributed by atoms with van der Waals surface area (Å²) in [5.74, 6) is 0. The summed E-state index contributed by atoms with van der Waals surface area (Å²) in [6.45, 7) is 0. The number of aromatic nitrogens is 1. The first kappa shape index (κ1) is 11.8. The van der Waals surface area contributed by atoms with Gasteiger partial charge in [0.2, 0.25) is 0 Å². The first-order valence-electron chi connectivity index (χ1n) is 5.27. The molecule has 1 aromatic heterocycles. The van der Waals surface area contributed by atoms with Crippen molar-refractivity contribution in [1.29, 1.82) is 0 Å². The van der Waals surface area contributed by atoms with E-state index in [0.29, 0.717) is 0 Å². The van der Waals surface area contributed by atoms with Gasteiger partial charge in [0.1, 0.15) is 5.69 Å². The quantitative estimate of drug-likeness (QED) is 0.508. The van der Waals surface area contributed by atoms with E-state index >= 15 is 0 Å². The number of pyridine rings is 1. The van der Waals surface area contributed by atoms with Gasteiger partial charge < -0.3 is 10.6 Å².